The second kappa shape index (κ2) is 9.46. The Kier molecular flexibility index (Phi) is 6.42. The SMILES string of the molecule is CCc1cccc(C)c1-n1c(C)cc(/C=N\NC(=O)c2cc3cc([N+](=O)[O-])cc(OC)c3o2)c1C. The summed E-state index contributed by atoms with van der Waals surface area (Å²) < 4.78 is 13.0. The minimum atomic E-state index is -0.580. The summed E-state index contributed by atoms with van der Waals surface area (Å²) in [7, 11) is 1.38. The maximum absolute atomic E-state index is 12.6. The first-order chi connectivity index (χ1) is 16.7. The number of hydrogen-bond acceptors (Lipinski definition) is 6. The molecule has 0 aliphatic carbocycles. The molecule has 0 fully saturated rings. The number of nitro benzene ring substituents is 1. The number of hydrogen-bond donors (Lipinski definition) is 1. The summed E-state index contributed by atoms with van der Waals surface area (Å²) in [5, 5.41) is 15.6. The summed E-state index contributed by atoms with van der Waals surface area (Å²) in [5.74, 6) is -0.441. The third kappa shape index (κ3) is 4.40. The third-order valence-electron chi connectivity index (χ3n) is 5.99. The maximum Gasteiger partial charge on any atom is 0.307 e. The number of benzene rings is 2. The van der Waals surface area contributed by atoms with Crippen LogP contribution in [-0.4, -0.2) is 28.7 Å². The Bertz CT molecular complexity index is 1480. The van der Waals surface area contributed by atoms with E-state index in [9.17, 15) is 14.9 Å². The van der Waals surface area contributed by atoms with Gasteiger partial charge in [-0.1, -0.05) is 25.1 Å². The number of aromatic nitrogens is 1. The quantitative estimate of drug-likeness (QED) is 0.219. The van der Waals surface area contributed by atoms with Gasteiger partial charge >= 0.3 is 5.91 Å². The molecule has 1 amide bonds. The number of methoxy groups -OCH3 is 1. The molecule has 2 aromatic carbocycles. The van der Waals surface area contributed by atoms with Gasteiger partial charge in [0.25, 0.3) is 5.69 Å². The molecule has 0 spiro atoms. The number of carbonyl (C=O) groups excluding carboxylic acids is 1. The smallest absolute Gasteiger partial charge is 0.307 e. The fourth-order valence-corrected chi connectivity index (χ4v) is 4.28. The van der Waals surface area contributed by atoms with E-state index in [-0.39, 0.29) is 22.8 Å². The molecule has 0 radical (unpaired) electrons. The molecular formula is C26H26N4O5. The van der Waals surface area contributed by atoms with Crippen molar-refractivity contribution in [1.29, 1.82) is 0 Å². The van der Waals surface area contributed by atoms with Crippen molar-refractivity contribution in [2.24, 2.45) is 5.10 Å². The lowest BCUT2D eigenvalue weighted by atomic mass is 10.1. The van der Waals surface area contributed by atoms with Crippen molar-refractivity contribution in [2.75, 3.05) is 7.11 Å². The Morgan fingerprint density at radius 1 is 1.23 bits per heavy atom. The summed E-state index contributed by atoms with van der Waals surface area (Å²) in [6, 6.07) is 12.3. The van der Waals surface area contributed by atoms with Gasteiger partial charge in [-0.25, -0.2) is 5.43 Å². The van der Waals surface area contributed by atoms with Crippen molar-refractivity contribution in [2.45, 2.75) is 34.1 Å². The number of para-hydroxylation sites is 1. The summed E-state index contributed by atoms with van der Waals surface area (Å²) in [6.45, 7) is 8.28. The summed E-state index contributed by atoms with van der Waals surface area (Å²) in [4.78, 5) is 23.2. The molecule has 2 heterocycles. The summed E-state index contributed by atoms with van der Waals surface area (Å²) >= 11 is 0. The van der Waals surface area contributed by atoms with Gasteiger partial charge in [-0.3, -0.25) is 14.9 Å². The van der Waals surface area contributed by atoms with Crippen LogP contribution >= 0.6 is 0 Å². The van der Waals surface area contributed by atoms with Crippen molar-refractivity contribution < 1.29 is 18.9 Å². The number of hydrazone groups is 1. The molecule has 2 aromatic heterocycles. The number of fused-ring (bicyclic) bond motifs is 1. The highest BCUT2D eigenvalue weighted by atomic mass is 16.6. The first-order valence-electron chi connectivity index (χ1n) is 11.1. The van der Waals surface area contributed by atoms with Gasteiger partial charge in [0, 0.05) is 28.4 Å². The van der Waals surface area contributed by atoms with Gasteiger partial charge in [0.05, 0.1) is 30.0 Å². The van der Waals surface area contributed by atoms with Crippen LogP contribution in [0, 0.1) is 30.9 Å². The zero-order valence-corrected chi connectivity index (χ0v) is 20.2. The van der Waals surface area contributed by atoms with Crippen molar-refractivity contribution >= 4 is 28.8 Å². The van der Waals surface area contributed by atoms with Gasteiger partial charge < -0.3 is 13.7 Å². The molecule has 180 valence electrons. The lowest BCUT2D eigenvalue weighted by molar-refractivity contribution is -0.384. The van der Waals surface area contributed by atoms with Gasteiger partial charge in [0.15, 0.2) is 17.1 Å². The Balaban J connectivity index is 1.59. The zero-order valence-electron chi connectivity index (χ0n) is 20.2. The summed E-state index contributed by atoms with van der Waals surface area (Å²) in [5.41, 5.74) is 9.10. The number of ether oxygens (including phenoxy) is 1. The molecule has 9 heteroatoms. The first kappa shape index (κ1) is 23.7. The molecule has 0 bridgehead atoms. The number of carbonyl (C=O) groups is 1. The van der Waals surface area contributed by atoms with Gasteiger partial charge in [-0.2, -0.15) is 5.10 Å². The van der Waals surface area contributed by atoms with E-state index in [0.29, 0.717) is 5.39 Å². The maximum atomic E-state index is 12.6. The predicted molar refractivity (Wildman–Crippen MR) is 134 cm³/mol. The normalized spacial score (nSPS) is 11.3. The summed E-state index contributed by atoms with van der Waals surface area (Å²) in [6.07, 6.45) is 2.51. The Hall–Kier alpha value is -4.40. The number of nitrogens with zero attached hydrogens (tertiary/aromatic N) is 3. The van der Waals surface area contributed by atoms with Crippen molar-refractivity contribution in [3.63, 3.8) is 0 Å². The molecule has 35 heavy (non-hydrogen) atoms. The van der Waals surface area contributed by atoms with E-state index in [4.69, 9.17) is 9.15 Å². The van der Waals surface area contributed by atoms with Crippen LogP contribution < -0.4 is 10.2 Å². The van der Waals surface area contributed by atoms with Crippen LogP contribution in [0.1, 0.15) is 45.6 Å². The zero-order chi connectivity index (χ0) is 25.3. The molecule has 0 unspecified atom stereocenters. The third-order valence-corrected chi connectivity index (χ3v) is 5.99. The number of amides is 1. The van der Waals surface area contributed by atoms with E-state index in [2.05, 4.69) is 47.1 Å². The fraction of sp³-hybridized carbons (Fsp3) is 0.231. The van der Waals surface area contributed by atoms with E-state index in [0.717, 1.165) is 23.4 Å². The predicted octanol–water partition coefficient (Wildman–Crippen LogP) is 5.39. The minimum Gasteiger partial charge on any atom is -0.493 e. The van der Waals surface area contributed by atoms with Crippen LogP contribution in [0.5, 0.6) is 5.75 Å². The van der Waals surface area contributed by atoms with Crippen molar-refractivity contribution in [3.8, 4) is 11.4 Å². The molecule has 0 saturated carbocycles. The number of aryl methyl sites for hydroxylation is 3. The van der Waals surface area contributed by atoms with E-state index in [1.165, 1.54) is 42.1 Å². The Morgan fingerprint density at radius 3 is 2.69 bits per heavy atom. The van der Waals surface area contributed by atoms with Crippen LogP contribution in [-0.2, 0) is 6.42 Å². The number of nitro groups is 1. The number of furan rings is 1. The van der Waals surface area contributed by atoms with Gasteiger partial charge in [-0.15, -0.1) is 0 Å². The van der Waals surface area contributed by atoms with Gasteiger partial charge in [-0.05, 0) is 50.5 Å². The molecule has 0 saturated heterocycles. The minimum absolute atomic E-state index is 0.0334. The van der Waals surface area contributed by atoms with Gasteiger partial charge in [0.2, 0.25) is 0 Å². The Labute approximate surface area is 202 Å². The van der Waals surface area contributed by atoms with E-state index >= 15 is 0 Å². The second-order valence-electron chi connectivity index (χ2n) is 8.23. The molecule has 0 aliphatic rings. The van der Waals surface area contributed by atoms with E-state index in [1.54, 1.807) is 6.21 Å². The first-order valence-corrected chi connectivity index (χ1v) is 11.1. The van der Waals surface area contributed by atoms with Gasteiger partial charge in [0.1, 0.15) is 0 Å². The average Bonchev–Trinajstić information content (AvgIpc) is 3.39. The standard InChI is InChI=1S/C26H26N4O5/c1-6-18-9-7-8-15(2)24(18)29-16(3)10-20(17(29)4)14-27-28-26(31)23-12-19-11-21(30(32)33)13-22(34-5)25(19)35-23/h7-14H,6H2,1-5H3,(H,28,31)/b27-14-. The fourth-order valence-electron chi connectivity index (χ4n) is 4.28. The average molecular weight is 475 g/mol. The highest BCUT2D eigenvalue weighted by Gasteiger charge is 2.19. The van der Waals surface area contributed by atoms with Crippen molar-refractivity contribution in [3.05, 3.63) is 86.4 Å². The number of rotatable bonds is 7. The molecule has 4 aromatic rings. The van der Waals surface area contributed by atoms with E-state index < -0.39 is 10.8 Å². The monoisotopic (exact) mass is 474 g/mol. The van der Waals surface area contributed by atoms with E-state index in [1.807, 2.05) is 19.9 Å². The topological polar surface area (TPSA) is 112 Å². The number of nitrogens with one attached hydrogen (secondary N) is 1. The van der Waals surface area contributed by atoms with Crippen LogP contribution in [0.3, 0.4) is 0 Å². The highest BCUT2D eigenvalue weighted by Crippen LogP contribution is 2.33. The molecule has 4 rings (SSSR count). The van der Waals surface area contributed by atoms with Crippen molar-refractivity contribution in [1.82, 2.24) is 9.99 Å². The lowest BCUT2D eigenvalue weighted by Crippen LogP contribution is -2.16. The van der Waals surface area contributed by atoms with Crippen LogP contribution in [0.4, 0.5) is 5.69 Å². The second-order valence-corrected chi connectivity index (χ2v) is 8.23. The van der Waals surface area contributed by atoms with Crippen LogP contribution in [0.2, 0.25) is 0 Å². The van der Waals surface area contributed by atoms with Crippen LogP contribution in [0.15, 0.2) is 52.0 Å². The Morgan fingerprint density at radius 2 is 2.00 bits per heavy atom. The number of non-ortho nitro benzene ring substituents is 1. The molecule has 0 atom stereocenters. The molecule has 1 N–H and O–H groups in total. The highest BCUT2D eigenvalue weighted by molar-refractivity contribution is 5.98. The molecule has 0 aliphatic heterocycles. The largest absolute Gasteiger partial charge is 0.493 e. The van der Waals surface area contributed by atoms with Crippen LogP contribution in [0.25, 0.3) is 16.7 Å². The molecular weight excluding hydrogens is 448 g/mol. The molecule has 9 nitrogen and oxygen atoms in total. The lowest BCUT2D eigenvalue weighted by Gasteiger charge is -2.17.